The van der Waals surface area contributed by atoms with Crippen LogP contribution in [-0.4, -0.2) is 64.9 Å². The maximum absolute atomic E-state index is 13.8. The van der Waals surface area contributed by atoms with Crippen LogP contribution in [0, 0.1) is 13.8 Å². The molecule has 0 atom stereocenters. The van der Waals surface area contributed by atoms with Gasteiger partial charge in [0, 0.05) is 48.4 Å². The van der Waals surface area contributed by atoms with Gasteiger partial charge in [-0.1, -0.05) is 19.3 Å². The fourth-order valence-electron chi connectivity index (χ4n) is 5.88. The molecule has 3 heterocycles. The average Bonchev–Trinajstić information content (AvgIpc) is 3.50. The van der Waals surface area contributed by atoms with Gasteiger partial charge in [-0.2, -0.15) is 9.40 Å². The highest BCUT2D eigenvalue weighted by Crippen LogP contribution is 2.38. The van der Waals surface area contributed by atoms with Crippen LogP contribution >= 0.6 is 11.3 Å². The minimum Gasteiger partial charge on any atom is -0.313 e. The average molecular weight is 598 g/mol. The van der Waals surface area contributed by atoms with Crippen molar-refractivity contribution in [2.75, 3.05) is 18.9 Å². The molecule has 0 radical (unpaired) electrons. The number of fused-ring (bicyclic) bond motifs is 1. The van der Waals surface area contributed by atoms with Crippen molar-refractivity contribution in [1.82, 2.24) is 19.0 Å². The number of hydrogen-bond donors (Lipinski definition) is 1. The lowest BCUT2D eigenvalue weighted by molar-refractivity contribution is 0.0941. The molecule has 2 aliphatic rings. The SMILES string of the molecule is Cc1cc(C)n(C(=O)c2c(NC(=O)c3ccc(S(=O)(=O)N(C)C4CCCCC4)cc3)sc3c2CCN(C(C)C)C3)n1. The van der Waals surface area contributed by atoms with Gasteiger partial charge < -0.3 is 5.32 Å². The van der Waals surface area contributed by atoms with Gasteiger partial charge in [-0.15, -0.1) is 11.3 Å². The molecule has 41 heavy (non-hydrogen) atoms. The molecule has 9 nitrogen and oxygen atoms in total. The van der Waals surface area contributed by atoms with Gasteiger partial charge in [0.1, 0.15) is 5.00 Å². The van der Waals surface area contributed by atoms with E-state index in [1.165, 1.54) is 44.6 Å². The van der Waals surface area contributed by atoms with E-state index >= 15 is 0 Å². The monoisotopic (exact) mass is 597 g/mol. The first kappa shape index (κ1) is 29.6. The van der Waals surface area contributed by atoms with E-state index in [0.29, 0.717) is 35.1 Å². The second kappa shape index (κ2) is 11.8. The number of rotatable bonds is 7. The number of nitrogens with zero attached hydrogens (tertiary/aromatic N) is 4. The van der Waals surface area contributed by atoms with Crippen molar-refractivity contribution in [3.63, 3.8) is 0 Å². The molecular weight excluding hydrogens is 558 g/mol. The highest BCUT2D eigenvalue weighted by atomic mass is 32.2. The molecule has 1 aliphatic carbocycles. The minimum absolute atomic E-state index is 0.00590. The lowest BCUT2D eigenvalue weighted by Gasteiger charge is -2.30. The number of carbonyl (C=O) groups excluding carboxylic acids is 2. The summed E-state index contributed by atoms with van der Waals surface area (Å²) < 4.78 is 29.4. The summed E-state index contributed by atoms with van der Waals surface area (Å²) in [7, 11) is -2.02. The molecule has 0 spiro atoms. The lowest BCUT2D eigenvalue weighted by Crippen LogP contribution is -2.38. The number of benzene rings is 1. The molecule has 2 aromatic heterocycles. The van der Waals surface area contributed by atoms with E-state index in [2.05, 4.69) is 29.2 Å². The number of amides is 1. The molecular formula is C30H39N5O4S2. The molecule has 1 fully saturated rings. The Labute approximate surface area is 246 Å². The first-order chi connectivity index (χ1) is 19.5. The Hall–Kier alpha value is -2.86. The summed E-state index contributed by atoms with van der Waals surface area (Å²) in [6, 6.07) is 8.28. The summed E-state index contributed by atoms with van der Waals surface area (Å²) in [5.41, 5.74) is 3.26. The highest BCUT2D eigenvalue weighted by Gasteiger charge is 2.32. The van der Waals surface area contributed by atoms with Gasteiger partial charge in [-0.05, 0) is 82.9 Å². The van der Waals surface area contributed by atoms with Gasteiger partial charge in [-0.25, -0.2) is 13.1 Å². The summed E-state index contributed by atoms with van der Waals surface area (Å²) in [5.74, 6) is -0.648. The summed E-state index contributed by atoms with van der Waals surface area (Å²) >= 11 is 1.43. The van der Waals surface area contributed by atoms with E-state index in [0.717, 1.165) is 60.5 Å². The Balaban J connectivity index is 1.41. The predicted octanol–water partition coefficient (Wildman–Crippen LogP) is 5.22. The summed E-state index contributed by atoms with van der Waals surface area (Å²) in [6.07, 6.45) is 5.67. The number of carbonyl (C=O) groups is 2. The van der Waals surface area contributed by atoms with E-state index in [-0.39, 0.29) is 16.8 Å². The Morgan fingerprint density at radius 3 is 2.39 bits per heavy atom. The third-order valence-corrected chi connectivity index (χ3v) is 11.4. The van der Waals surface area contributed by atoms with Gasteiger partial charge in [-0.3, -0.25) is 14.5 Å². The Morgan fingerprint density at radius 1 is 1.10 bits per heavy atom. The number of aromatic nitrogens is 2. The number of anilines is 1. The maximum atomic E-state index is 13.8. The molecule has 0 bridgehead atoms. The van der Waals surface area contributed by atoms with E-state index in [1.807, 2.05) is 19.9 Å². The maximum Gasteiger partial charge on any atom is 0.281 e. The molecule has 5 rings (SSSR count). The largest absolute Gasteiger partial charge is 0.313 e. The van der Waals surface area contributed by atoms with Crippen LogP contribution in [-0.2, 0) is 23.0 Å². The van der Waals surface area contributed by atoms with Crippen LogP contribution in [0.25, 0.3) is 0 Å². The summed E-state index contributed by atoms with van der Waals surface area (Å²) in [5, 5.41) is 7.88. The molecule has 1 aromatic carbocycles. The fraction of sp³-hybridized carbons (Fsp3) is 0.500. The lowest BCUT2D eigenvalue weighted by atomic mass is 9.96. The van der Waals surface area contributed by atoms with Gasteiger partial charge in [0.05, 0.1) is 16.2 Å². The van der Waals surface area contributed by atoms with E-state index in [4.69, 9.17) is 0 Å². The van der Waals surface area contributed by atoms with E-state index in [9.17, 15) is 18.0 Å². The van der Waals surface area contributed by atoms with Gasteiger partial charge in [0.15, 0.2) is 0 Å². The van der Waals surface area contributed by atoms with Crippen molar-refractivity contribution in [2.24, 2.45) is 0 Å². The molecule has 220 valence electrons. The van der Waals surface area contributed by atoms with Gasteiger partial charge in [0.25, 0.3) is 11.8 Å². The van der Waals surface area contributed by atoms with Crippen LogP contribution in [0.4, 0.5) is 5.00 Å². The van der Waals surface area contributed by atoms with Crippen LogP contribution in [0.15, 0.2) is 35.2 Å². The molecule has 1 aliphatic heterocycles. The van der Waals surface area contributed by atoms with Crippen LogP contribution in [0.3, 0.4) is 0 Å². The zero-order valence-corrected chi connectivity index (χ0v) is 26.1. The van der Waals surface area contributed by atoms with Crippen molar-refractivity contribution in [2.45, 2.75) is 89.7 Å². The Kier molecular flexibility index (Phi) is 8.52. The summed E-state index contributed by atoms with van der Waals surface area (Å²) in [6.45, 7) is 9.54. The number of aryl methyl sites for hydroxylation is 2. The number of hydrogen-bond acceptors (Lipinski definition) is 7. The number of nitrogens with one attached hydrogen (secondary N) is 1. The second-order valence-electron chi connectivity index (χ2n) is 11.5. The van der Waals surface area contributed by atoms with Gasteiger partial charge >= 0.3 is 0 Å². The van der Waals surface area contributed by atoms with Crippen LogP contribution < -0.4 is 5.32 Å². The third-order valence-electron chi connectivity index (χ3n) is 8.34. The molecule has 1 N–H and O–H groups in total. The van der Waals surface area contributed by atoms with Crippen molar-refractivity contribution in [3.05, 3.63) is 63.3 Å². The first-order valence-corrected chi connectivity index (χ1v) is 16.6. The minimum atomic E-state index is -3.66. The third kappa shape index (κ3) is 5.90. The molecule has 1 amide bonds. The van der Waals surface area contributed by atoms with Crippen molar-refractivity contribution in [1.29, 1.82) is 0 Å². The topological polar surface area (TPSA) is 105 Å². The predicted molar refractivity (Wildman–Crippen MR) is 161 cm³/mol. The van der Waals surface area contributed by atoms with Crippen LogP contribution in [0.5, 0.6) is 0 Å². The molecule has 0 unspecified atom stereocenters. The Bertz CT molecular complexity index is 1550. The molecule has 3 aromatic rings. The number of thiophene rings is 1. The van der Waals surface area contributed by atoms with Crippen molar-refractivity contribution in [3.8, 4) is 0 Å². The fourth-order valence-corrected chi connectivity index (χ4v) is 8.56. The molecule has 11 heteroatoms. The second-order valence-corrected chi connectivity index (χ2v) is 14.6. The van der Waals surface area contributed by atoms with Crippen LogP contribution in [0.2, 0.25) is 0 Å². The summed E-state index contributed by atoms with van der Waals surface area (Å²) in [4.78, 5) is 30.8. The van der Waals surface area contributed by atoms with E-state index in [1.54, 1.807) is 7.05 Å². The van der Waals surface area contributed by atoms with E-state index < -0.39 is 15.9 Å². The van der Waals surface area contributed by atoms with Gasteiger partial charge in [0.2, 0.25) is 10.0 Å². The smallest absolute Gasteiger partial charge is 0.281 e. The quantitative estimate of drug-likeness (QED) is 0.400. The standard InChI is InChI=1S/C30H39N5O4S2/c1-19(2)34-16-15-25-26(18-34)40-29(27(25)30(37)35-21(4)17-20(3)32-35)31-28(36)22-11-13-24(14-12-22)41(38,39)33(5)23-9-7-6-8-10-23/h11-14,17,19,23H,6-10,15-16,18H2,1-5H3,(H,31,36). The zero-order valence-electron chi connectivity index (χ0n) is 24.4. The zero-order chi connectivity index (χ0) is 29.5. The van der Waals surface area contributed by atoms with Crippen molar-refractivity contribution >= 4 is 38.2 Å². The highest BCUT2D eigenvalue weighted by molar-refractivity contribution is 7.89. The Morgan fingerprint density at radius 2 is 1.78 bits per heavy atom. The van der Waals surface area contributed by atoms with Crippen molar-refractivity contribution < 1.29 is 18.0 Å². The van der Waals surface area contributed by atoms with Crippen LogP contribution in [0.1, 0.15) is 88.5 Å². The molecule has 1 saturated carbocycles. The first-order valence-electron chi connectivity index (χ1n) is 14.3. The molecule has 0 saturated heterocycles. The number of sulfonamides is 1. The normalized spacial score (nSPS) is 16.8.